The van der Waals surface area contributed by atoms with Crippen LogP contribution in [0.1, 0.15) is 0 Å². The van der Waals surface area contributed by atoms with Crippen molar-refractivity contribution in [3.8, 4) is 0 Å². The third-order valence-corrected chi connectivity index (χ3v) is 0. The normalized spacial score (nSPS) is 9.83. The summed E-state index contributed by atoms with van der Waals surface area (Å²) in [4.78, 5) is 26.8. The van der Waals surface area contributed by atoms with Gasteiger partial charge in [0.1, 0.15) is 0 Å². The average molecular weight is 175 g/mol. The third-order valence-electron chi connectivity index (χ3n) is 0. The molecule has 0 aromatic heterocycles. The van der Waals surface area contributed by atoms with E-state index in [-0.39, 0.29) is 17.1 Å². The molecule has 43 valence electrons. The smallest absolute Gasteiger partial charge is 0 e. The summed E-state index contributed by atoms with van der Waals surface area (Å²) in [6, 6.07) is 0. The van der Waals surface area contributed by atoms with Crippen LogP contribution in [0.2, 0.25) is 0 Å². The van der Waals surface area contributed by atoms with Crippen LogP contribution in [-0.4, -0.2) is 0 Å². The Hall–Kier alpha value is 1.05. The summed E-state index contributed by atoms with van der Waals surface area (Å²) in [5.41, 5.74) is 0. The Kier molecular flexibility index (Phi) is 5.23. The van der Waals surface area contributed by atoms with Crippen molar-refractivity contribution in [1.82, 2.24) is 0 Å². The summed E-state index contributed by atoms with van der Waals surface area (Å²) >= 11 is 3.27. The molecular formula is CuO3PS-3. The maximum Gasteiger partial charge on any atom is 0 e. The maximum absolute atomic E-state index is 8.92. The summed E-state index contributed by atoms with van der Waals surface area (Å²) in [6.45, 7) is -4.56. The Labute approximate surface area is 50.7 Å². The standard InChI is InChI=1S/Cu.H3O3PS/c;1-4(2,3)5/h;(H3,1,2,3,5)/p-3. The molecule has 6 heavy (non-hydrogen) atoms. The van der Waals surface area contributed by atoms with Crippen molar-refractivity contribution in [2.24, 2.45) is 0 Å². The molecule has 0 spiro atoms. The van der Waals surface area contributed by atoms with Crippen LogP contribution in [0, 0.1) is 0 Å². The second-order valence-corrected chi connectivity index (χ2v) is 2.68. The van der Waals surface area contributed by atoms with Gasteiger partial charge in [0.05, 0.1) is 0 Å². The topological polar surface area (TPSA) is 69.2 Å². The van der Waals surface area contributed by atoms with E-state index in [0.29, 0.717) is 0 Å². The molecule has 0 aliphatic rings. The molecule has 0 saturated heterocycles. The molecule has 0 saturated carbocycles. The van der Waals surface area contributed by atoms with Crippen LogP contribution in [0.4, 0.5) is 0 Å². The molecule has 0 bridgehead atoms. The van der Waals surface area contributed by atoms with Crippen molar-refractivity contribution in [2.75, 3.05) is 0 Å². The van der Waals surface area contributed by atoms with Gasteiger partial charge in [-0.25, -0.2) is 0 Å². The summed E-state index contributed by atoms with van der Waals surface area (Å²) in [5, 5.41) is 0. The van der Waals surface area contributed by atoms with E-state index < -0.39 is 6.72 Å². The van der Waals surface area contributed by atoms with Gasteiger partial charge in [0, 0.05) is 17.1 Å². The molecule has 0 aromatic carbocycles. The van der Waals surface area contributed by atoms with E-state index in [0.717, 1.165) is 0 Å². The van der Waals surface area contributed by atoms with Gasteiger partial charge >= 0.3 is 0 Å². The molecule has 1 radical (unpaired) electrons. The molecule has 0 N–H and O–H groups in total. The molecule has 0 rings (SSSR count). The van der Waals surface area contributed by atoms with Gasteiger partial charge < -0.3 is 21.4 Å². The number of hydrogen-bond donors (Lipinski definition) is 0. The summed E-state index contributed by atoms with van der Waals surface area (Å²) in [7, 11) is 0. The SMILES string of the molecule is [Cu].[O-]P([O-])([O-])=S. The molecule has 0 heterocycles. The summed E-state index contributed by atoms with van der Waals surface area (Å²) in [5.74, 6) is 0. The van der Waals surface area contributed by atoms with Crippen molar-refractivity contribution < 1.29 is 31.7 Å². The monoisotopic (exact) mass is 174 g/mol. The average Bonchev–Trinajstić information content (AvgIpc) is 0.722. The third kappa shape index (κ3) is 75.2. The molecule has 0 atom stereocenters. The fraction of sp³-hybridized carbons (Fsp3) is 0. The molecule has 0 aromatic rings. The Balaban J connectivity index is 0. The van der Waals surface area contributed by atoms with Crippen LogP contribution < -0.4 is 14.7 Å². The first-order chi connectivity index (χ1) is 2.00. The van der Waals surface area contributed by atoms with Gasteiger partial charge in [-0.2, -0.15) is 11.8 Å². The van der Waals surface area contributed by atoms with Crippen LogP contribution in [0.5, 0.6) is 0 Å². The molecule has 0 fully saturated rings. The molecule has 3 nitrogen and oxygen atoms in total. The van der Waals surface area contributed by atoms with Crippen molar-refractivity contribution in [1.29, 1.82) is 0 Å². The summed E-state index contributed by atoms with van der Waals surface area (Å²) < 4.78 is 0. The van der Waals surface area contributed by atoms with Crippen LogP contribution in [0.3, 0.4) is 0 Å². The Morgan fingerprint density at radius 3 is 1.17 bits per heavy atom. The molecule has 6 heteroatoms. The summed E-state index contributed by atoms with van der Waals surface area (Å²) in [6.07, 6.45) is 0. The van der Waals surface area contributed by atoms with E-state index in [1.807, 2.05) is 0 Å². The number of hydrogen-bond acceptors (Lipinski definition) is 4. The van der Waals surface area contributed by atoms with Gasteiger partial charge in [0.15, 0.2) is 0 Å². The fourth-order valence-corrected chi connectivity index (χ4v) is 0. The van der Waals surface area contributed by atoms with Gasteiger partial charge in [0.2, 0.25) is 0 Å². The maximum atomic E-state index is 8.92. The molecule has 0 aliphatic carbocycles. The van der Waals surface area contributed by atoms with E-state index in [2.05, 4.69) is 11.8 Å². The van der Waals surface area contributed by atoms with Gasteiger partial charge in [-0.15, -0.1) is 0 Å². The van der Waals surface area contributed by atoms with Crippen molar-refractivity contribution in [3.05, 3.63) is 0 Å². The van der Waals surface area contributed by atoms with Crippen molar-refractivity contribution in [2.45, 2.75) is 0 Å². The zero-order chi connectivity index (χ0) is 4.50. The van der Waals surface area contributed by atoms with Gasteiger partial charge in [-0.1, -0.05) is 0 Å². The van der Waals surface area contributed by atoms with E-state index in [1.165, 1.54) is 0 Å². The predicted molar refractivity (Wildman–Crippen MR) is 14.3 cm³/mol. The fourth-order valence-electron chi connectivity index (χ4n) is 0. The minimum Gasteiger partial charge on any atom is -0.844 e. The van der Waals surface area contributed by atoms with E-state index in [1.54, 1.807) is 0 Å². The van der Waals surface area contributed by atoms with Crippen LogP contribution in [-0.2, 0) is 28.9 Å². The Morgan fingerprint density at radius 2 is 1.17 bits per heavy atom. The van der Waals surface area contributed by atoms with Gasteiger partial charge in [-0.3, -0.25) is 0 Å². The Bertz CT molecular complexity index is 56.9. The van der Waals surface area contributed by atoms with Gasteiger partial charge in [-0.05, 0) is 0 Å². The van der Waals surface area contributed by atoms with E-state index in [9.17, 15) is 0 Å². The number of rotatable bonds is 0. The molecule has 0 aliphatic heterocycles. The van der Waals surface area contributed by atoms with E-state index >= 15 is 0 Å². The van der Waals surface area contributed by atoms with Crippen LogP contribution in [0.15, 0.2) is 0 Å². The van der Waals surface area contributed by atoms with Gasteiger partial charge in [0.25, 0.3) is 0 Å². The second-order valence-electron chi connectivity index (χ2n) is 0.447. The second kappa shape index (κ2) is 3.10. The first kappa shape index (κ1) is 10.1. The molecular weight excluding hydrogens is 175 g/mol. The molecule has 0 unspecified atom stereocenters. The first-order valence-electron chi connectivity index (χ1n) is 0.730. The molecule has 0 amide bonds. The van der Waals surface area contributed by atoms with Crippen molar-refractivity contribution >= 4 is 18.5 Å². The van der Waals surface area contributed by atoms with Crippen LogP contribution >= 0.6 is 6.72 Å². The minimum absolute atomic E-state index is 0. The van der Waals surface area contributed by atoms with Crippen molar-refractivity contribution in [3.63, 3.8) is 0 Å². The quantitative estimate of drug-likeness (QED) is 0.296. The van der Waals surface area contributed by atoms with E-state index in [4.69, 9.17) is 14.7 Å². The first-order valence-corrected chi connectivity index (χ1v) is 3.29. The largest absolute Gasteiger partial charge is 0.844 e. The zero-order valence-electron chi connectivity index (χ0n) is 2.38. The minimum atomic E-state index is -4.56. The Morgan fingerprint density at radius 1 is 1.17 bits per heavy atom. The predicted octanol–water partition coefficient (Wildman–Crippen LogP) is -2.71. The van der Waals surface area contributed by atoms with Crippen LogP contribution in [0.25, 0.3) is 0 Å². The zero-order valence-corrected chi connectivity index (χ0v) is 5.03.